The maximum Gasteiger partial charge on any atom is 0.264 e. The minimum Gasteiger partial charge on any atom is -0.354 e. The number of rotatable bonds is 9. The highest BCUT2D eigenvalue weighted by Gasteiger charge is 2.27. The van der Waals surface area contributed by atoms with Crippen molar-refractivity contribution >= 4 is 33.4 Å². The molecule has 0 atom stereocenters. The van der Waals surface area contributed by atoms with Gasteiger partial charge in [-0.15, -0.1) is 11.8 Å². The van der Waals surface area contributed by atoms with Gasteiger partial charge in [0.25, 0.3) is 10.0 Å². The molecule has 0 aromatic heterocycles. The standard InChI is InChI=1S/C22H21FN2O3S2/c23-18-11-13-21(14-12-18)30(27,28)25(19-7-3-1-4-8-19)17-22(26)24-15-16-29-20-9-5-2-6-10-20/h1-14H,15-17H2,(H,24,26). The number of halogens is 1. The first-order valence-electron chi connectivity index (χ1n) is 9.25. The van der Waals surface area contributed by atoms with Crippen LogP contribution in [0, 0.1) is 5.82 Å². The molecule has 30 heavy (non-hydrogen) atoms. The van der Waals surface area contributed by atoms with Gasteiger partial charge in [-0.25, -0.2) is 12.8 Å². The summed E-state index contributed by atoms with van der Waals surface area (Å²) in [7, 11) is -4.04. The Bertz CT molecular complexity index is 1060. The van der Waals surface area contributed by atoms with E-state index >= 15 is 0 Å². The molecule has 5 nitrogen and oxygen atoms in total. The SMILES string of the molecule is O=C(CN(c1ccccc1)S(=O)(=O)c1ccc(F)cc1)NCCSc1ccccc1. The zero-order valence-corrected chi connectivity index (χ0v) is 17.7. The molecule has 156 valence electrons. The number of anilines is 1. The summed E-state index contributed by atoms with van der Waals surface area (Å²) in [6, 6.07) is 22.7. The second-order valence-corrected chi connectivity index (χ2v) is 9.34. The van der Waals surface area contributed by atoms with Crippen LogP contribution in [0.1, 0.15) is 0 Å². The third kappa shape index (κ3) is 5.84. The van der Waals surface area contributed by atoms with Crippen molar-refractivity contribution in [3.05, 3.63) is 90.7 Å². The first-order valence-corrected chi connectivity index (χ1v) is 11.7. The van der Waals surface area contributed by atoms with Gasteiger partial charge < -0.3 is 5.32 Å². The van der Waals surface area contributed by atoms with Crippen LogP contribution in [0.2, 0.25) is 0 Å². The number of hydrogen-bond donors (Lipinski definition) is 1. The van der Waals surface area contributed by atoms with Gasteiger partial charge in [0.2, 0.25) is 5.91 Å². The lowest BCUT2D eigenvalue weighted by Crippen LogP contribution is -2.41. The highest BCUT2D eigenvalue weighted by molar-refractivity contribution is 7.99. The van der Waals surface area contributed by atoms with Crippen LogP contribution in [-0.2, 0) is 14.8 Å². The lowest BCUT2D eigenvalue weighted by atomic mass is 10.3. The normalized spacial score (nSPS) is 11.1. The monoisotopic (exact) mass is 444 g/mol. The Morgan fingerprint density at radius 1 is 0.900 bits per heavy atom. The van der Waals surface area contributed by atoms with Crippen molar-refractivity contribution in [2.24, 2.45) is 0 Å². The molecule has 0 heterocycles. The van der Waals surface area contributed by atoms with Crippen molar-refractivity contribution in [2.45, 2.75) is 9.79 Å². The molecule has 0 bridgehead atoms. The van der Waals surface area contributed by atoms with Crippen molar-refractivity contribution in [3.8, 4) is 0 Å². The number of benzene rings is 3. The van der Waals surface area contributed by atoms with Crippen molar-refractivity contribution in [2.75, 3.05) is 23.1 Å². The summed E-state index contributed by atoms with van der Waals surface area (Å²) in [5.41, 5.74) is 0.357. The molecule has 0 spiro atoms. The third-order valence-electron chi connectivity index (χ3n) is 4.17. The van der Waals surface area contributed by atoms with Crippen molar-refractivity contribution in [3.63, 3.8) is 0 Å². The van der Waals surface area contributed by atoms with Crippen LogP contribution < -0.4 is 9.62 Å². The van der Waals surface area contributed by atoms with Gasteiger partial charge in [-0.3, -0.25) is 9.10 Å². The number of thioether (sulfide) groups is 1. The van der Waals surface area contributed by atoms with Gasteiger partial charge in [0.05, 0.1) is 10.6 Å². The molecular formula is C22H21FN2O3S2. The quantitative estimate of drug-likeness (QED) is 0.401. The number of carbonyl (C=O) groups is 1. The number of amides is 1. The smallest absolute Gasteiger partial charge is 0.264 e. The Balaban J connectivity index is 1.68. The van der Waals surface area contributed by atoms with Crippen LogP contribution in [0.3, 0.4) is 0 Å². The van der Waals surface area contributed by atoms with Crippen molar-refractivity contribution in [1.29, 1.82) is 0 Å². The van der Waals surface area contributed by atoms with Crippen LogP contribution in [0.4, 0.5) is 10.1 Å². The van der Waals surface area contributed by atoms with E-state index in [4.69, 9.17) is 0 Å². The van der Waals surface area contributed by atoms with E-state index in [1.807, 2.05) is 30.3 Å². The summed E-state index contributed by atoms with van der Waals surface area (Å²) in [6.45, 7) is 0.0251. The van der Waals surface area contributed by atoms with E-state index in [-0.39, 0.29) is 11.4 Å². The first-order chi connectivity index (χ1) is 14.5. The van der Waals surface area contributed by atoms with E-state index in [0.29, 0.717) is 18.0 Å². The zero-order valence-electron chi connectivity index (χ0n) is 16.1. The summed E-state index contributed by atoms with van der Waals surface area (Å²) in [6.07, 6.45) is 0. The van der Waals surface area contributed by atoms with E-state index in [1.165, 1.54) is 12.1 Å². The van der Waals surface area contributed by atoms with E-state index in [0.717, 1.165) is 21.3 Å². The fourth-order valence-electron chi connectivity index (χ4n) is 2.71. The summed E-state index contributed by atoms with van der Waals surface area (Å²) in [5, 5.41) is 2.76. The van der Waals surface area contributed by atoms with Crippen LogP contribution in [-0.4, -0.2) is 33.2 Å². The highest BCUT2D eigenvalue weighted by Crippen LogP contribution is 2.23. The van der Waals surface area contributed by atoms with E-state index < -0.39 is 21.7 Å². The molecule has 3 aromatic rings. The number of nitrogens with one attached hydrogen (secondary N) is 1. The Morgan fingerprint density at radius 3 is 2.13 bits per heavy atom. The Hall–Kier alpha value is -2.84. The first kappa shape index (κ1) is 21.9. The Labute approximate surface area is 180 Å². The molecule has 1 N–H and O–H groups in total. The molecule has 0 unspecified atom stereocenters. The van der Waals surface area contributed by atoms with Gasteiger partial charge >= 0.3 is 0 Å². The maximum atomic E-state index is 13.2. The minimum absolute atomic E-state index is 0.0832. The number of nitrogens with zero attached hydrogens (tertiary/aromatic N) is 1. The lowest BCUT2D eigenvalue weighted by molar-refractivity contribution is -0.119. The van der Waals surface area contributed by atoms with Crippen LogP contribution in [0.5, 0.6) is 0 Å². The molecule has 0 saturated heterocycles. The zero-order chi connectivity index (χ0) is 21.4. The average molecular weight is 445 g/mol. The van der Waals surface area contributed by atoms with Crippen LogP contribution in [0.15, 0.2) is 94.7 Å². The Kier molecular flexibility index (Phi) is 7.48. The summed E-state index contributed by atoms with van der Waals surface area (Å²) < 4.78 is 40.5. The molecule has 0 radical (unpaired) electrons. The number of carbonyl (C=O) groups excluding carboxylic acids is 1. The van der Waals surface area contributed by atoms with Gasteiger partial charge in [-0.2, -0.15) is 0 Å². The van der Waals surface area contributed by atoms with Crippen LogP contribution >= 0.6 is 11.8 Å². The molecule has 8 heteroatoms. The molecular weight excluding hydrogens is 423 g/mol. The molecule has 0 aliphatic rings. The summed E-state index contributed by atoms with van der Waals surface area (Å²) in [4.78, 5) is 13.5. The van der Waals surface area contributed by atoms with Crippen LogP contribution in [0.25, 0.3) is 0 Å². The van der Waals surface area contributed by atoms with Gasteiger partial charge in [0, 0.05) is 17.2 Å². The van der Waals surface area contributed by atoms with Gasteiger partial charge in [-0.1, -0.05) is 36.4 Å². The van der Waals surface area contributed by atoms with Crippen molar-refractivity contribution in [1.82, 2.24) is 5.32 Å². The van der Waals surface area contributed by atoms with Gasteiger partial charge in [-0.05, 0) is 48.5 Å². The van der Waals surface area contributed by atoms with Gasteiger partial charge in [0.15, 0.2) is 0 Å². The van der Waals surface area contributed by atoms with Crippen molar-refractivity contribution < 1.29 is 17.6 Å². The summed E-state index contributed by atoms with van der Waals surface area (Å²) >= 11 is 1.60. The fraction of sp³-hybridized carbons (Fsp3) is 0.136. The summed E-state index contributed by atoms with van der Waals surface area (Å²) in [5.74, 6) is -0.293. The number of para-hydroxylation sites is 1. The number of sulfonamides is 1. The molecule has 0 fully saturated rings. The maximum absolute atomic E-state index is 13.2. The van der Waals surface area contributed by atoms with Gasteiger partial charge in [0.1, 0.15) is 12.4 Å². The molecule has 3 aromatic carbocycles. The molecule has 3 rings (SSSR count). The molecule has 0 saturated carbocycles. The highest BCUT2D eigenvalue weighted by atomic mass is 32.2. The molecule has 0 aliphatic carbocycles. The number of hydrogen-bond acceptors (Lipinski definition) is 4. The second-order valence-electron chi connectivity index (χ2n) is 6.31. The molecule has 1 amide bonds. The third-order valence-corrected chi connectivity index (χ3v) is 6.97. The van der Waals surface area contributed by atoms with E-state index in [1.54, 1.807) is 42.1 Å². The lowest BCUT2D eigenvalue weighted by Gasteiger charge is -2.24. The average Bonchev–Trinajstić information content (AvgIpc) is 2.76. The topological polar surface area (TPSA) is 66.5 Å². The van der Waals surface area contributed by atoms with E-state index in [9.17, 15) is 17.6 Å². The minimum atomic E-state index is -4.04. The largest absolute Gasteiger partial charge is 0.354 e. The predicted molar refractivity (Wildman–Crippen MR) is 118 cm³/mol. The predicted octanol–water partition coefficient (Wildman–Crippen LogP) is 3.93. The second kappa shape index (κ2) is 10.3. The Morgan fingerprint density at radius 2 is 1.50 bits per heavy atom. The van der Waals surface area contributed by atoms with E-state index in [2.05, 4.69) is 5.32 Å². The fourth-order valence-corrected chi connectivity index (χ4v) is 4.92. The molecule has 0 aliphatic heterocycles.